The first-order valence-electron chi connectivity index (χ1n) is 11.5. The Bertz CT molecular complexity index is 1190. The fourth-order valence-corrected chi connectivity index (χ4v) is 5.76. The second-order valence-electron chi connectivity index (χ2n) is 9.48. The first-order chi connectivity index (χ1) is 15.2. The number of para-hydroxylation sites is 1. The van der Waals surface area contributed by atoms with Crippen molar-refractivity contribution in [2.75, 3.05) is 18.0 Å². The summed E-state index contributed by atoms with van der Waals surface area (Å²) in [6.45, 7) is 5.04. The minimum absolute atomic E-state index is 0.0814. The monoisotopic (exact) mass is 416 g/mol. The number of rotatable bonds is 3. The Morgan fingerprint density at radius 3 is 3.00 bits per heavy atom. The van der Waals surface area contributed by atoms with Gasteiger partial charge in [0.2, 0.25) is 5.95 Å². The number of benzene rings is 1. The van der Waals surface area contributed by atoms with Crippen LogP contribution in [-0.4, -0.2) is 34.0 Å². The van der Waals surface area contributed by atoms with Crippen LogP contribution < -0.4 is 10.3 Å². The lowest BCUT2D eigenvalue weighted by Crippen LogP contribution is -2.40. The van der Waals surface area contributed by atoms with Gasteiger partial charge in [0.05, 0.1) is 17.3 Å². The summed E-state index contributed by atoms with van der Waals surface area (Å²) in [5.74, 6) is 1.60. The van der Waals surface area contributed by atoms with Gasteiger partial charge in [-0.2, -0.15) is 0 Å². The quantitative estimate of drug-likeness (QED) is 0.641. The molecule has 0 radical (unpaired) electrons. The molecule has 31 heavy (non-hydrogen) atoms. The van der Waals surface area contributed by atoms with Gasteiger partial charge in [0.25, 0.3) is 0 Å². The van der Waals surface area contributed by atoms with Crippen LogP contribution in [0.15, 0.2) is 45.9 Å². The molecule has 1 aromatic carbocycles. The van der Waals surface area contributed by atoms with E-state index in [2.05, 4.69) is 22.9 Å². The number of anilines is 1. The van der Waals surface area contributed by atoms with E-state index in [4.69, 9.17) is 14.4 Å². The van der Waals surface area contributed by atoms with Gasteiger partial charge < -0.3 is 9.32 Å². The Hall–Kier alpha value is -2.73. The van der Waals surface area contributed by atoms with Gasteiger partial charge in [0.15, 0.2) is 5.43 Å². The van der Waals surface area contributed by atoms with E-state index >= 15 is 0 Å². The molecule has 5 heterocycles. The van der Waals surface area contributed by atoms with Crippen molar-refractivity contribution in [3.8, 4) is 0 Å². The number of hydrogen-bond donors (Lipinski definition) is 0. The van der Waals surface area contributed by atoms with Crippen molar-refractivity contribution in [2.45, 2.75) is 57.7 Å². The second-order valence-corrected chi connectivity index (χ2v) is 9.48. The van der Waals surface area contributed by atoms with E-state index < -0.39 is 0 Å². The smallest absolute Gasteiger partial charge is 0.225 e. The van der Waals surface area contributed by atoms with Gasteiger partial charge in [-0.05, 0) is 43.7 Å². The number of aromatic nitrogens is 2. The Kier molecular flexibility index (Phi) is 4.56. The SMILES string of the molecule is C[C@H]1CCCN(c2ncc3c(n2)C[C@@H]2CC[C@@H]3N2Cc2coc3ccccc3c2=O)C1. The minimum Gasteiger partial charge on any atom is -0.464 e. The Morgan fingerprint density at radius 1 is 1.19 bits per heavy atom. The van der Waals surface area contributed by atoms with Crippen LogP contribution in [0.2, 0.25) is 0 Å². The minimum atomic E-state index is 0.0814. The molecule has 2 fully saturated rings. The average molecular weight is 417 g/mol. The molecule has 6 nitrogen and oxygen atoms in total. The van der Waals surface area contributed by atoms with Crippen LogP contribution >= 0.6 is 0 Å². The lowest BCUT2D eigenvalue weighted by molar-refractivity contribution is 0.164. The van der Waals surface area contributed by atoms with Gasteiger partial charge in [-0.1, -0.05) is 19.1 Å². The molecule has 0 saturated carbocycles. The van der Waals surface area contributed by atoms with Gasteiger partial charge in [-0.25, -0.2) is 9.97 Å². The standard InChI is InChI=1S/C25H28N4O2/c1-16-5-4-10-28(13-16)25-26-12-20-21(27-25)11-18-8-9-22(20)29(18)14-17-15-31-23-7-3-2-6-19(23)24(17)30/h2-3,6-7,12,15-16,18,22H,4-5,8-11,13-14H2,1H3/t16-,18-,22-/m0/s1. The molecule has 3 aliphatic rings. The predicted molar refractivity (Wildman–Crippen MR) is 120 cm³/mol. The van der Waals surface area contributed by atoms with Crippen molar-refractivity contribution in [3.05, 3.63) is 63.8 Å². The fraction of sp³-hybridized carbons (Fsp3) is 0.480. The molecule has 2 aromatic heterocycles. The summed E-state index contributed by atoms with van der Waals surface area (Å²) in [5.41, 5.74) is 3.91. The normalized spacial score (nSPS) is 25.7. The molecule has 0 aliphatic carbocycles. The second kappa shape index (κ2) is 7.45. The van der Waals surface area contributed by atoms with Crippen molar-refractivity contribution in [1.82, 2.24) is 14.9 Å². The summed E-state index contributed by atoms with van der Waals surface area (Å²) >= 11 is 0. The summed E-state index contributed by atoms with van der Waals surface area (Å²) in [6, 6.07) is 8.19. The highest BCUT2D eigenvalue weighted by atomic mass is 16.3. The first kappa shape index (κ1) is 19.0. The molecule has 2 bridgehead atoms. The Morgan fingerprint density at radius 2 is 2.10 bits per heavy atom. The molecule has 3 aromatic rings. The highest BCUT2D eigenvalue weighted by Crippen LogP contribution is 2.44. The Balaban J connectivity index is 1.28. The zero-order valence-electron chi connectivity index (χ0n) is 18.0. The zero-order chi connectivity index (χ0) is 20.9. The highest BCUT2D eigenvalue weighted by molar-refractivity contribution is 5.76. The van der Waals surface area contributed by atoms with E-state index in [1.807, 2.05) is 24.3 Å². The molecule has 2 saturated heterocycles. The van der Waals surface area contributed by atoms with Gasteiger partial charge in [0.1, 0.15) is 5.58 Å². The number of nitrogens with zero attached hydrogens (tertiary/aromatic N) is 4. The van der Waals surface area contributed by atoms with Crippen LogP contribution in [0.3, 0.4) is 0 Å². The van der Waals surface area contributed by atoms with E-state index in [1.165, 1.54) is 24.1 Å². The predicted octanol–water partition coefficient (Wildman–Crippen LogP) is 4.08. The maximum Gasteiger partial charge on any atom is 0.225 e. The van der Waals surface area contributed by atoms with E-state index in [9.17, 15) is 4.79 Å². The van der Waals surface area contributed by atoms with Gasteiger partial charge in [-0.15, -0.1) is 0 Å². The molecule has 3 atom stereocenters. The summed E-state index contributed by atoms with van der Waals surface area (Å²) in [5, 5.41) is 0.661. The Labute approximate surface area is 181 Å². The van der Waals surface area contributed by atoms with E-state index in [0.717, 1.165) is 43.9 Å². The molecular formula is C25H28N4O2. The molecule has 6 rings (SSSR count). The van der Waals surface area contributed by atoms with Crippen LogP contribution in [-0.2, 0) is 13.0 Å². The number of piperidine rings is 1. The van der Waals surface area contributed by atoms with Crippen LogP contribution in [0.4, 0.5) is 5.95 Å². The maximum atomic E-state index is 13.0. The van der Waals surface area contributed by atoms with E-state index in [-0.39, 0.29) is 11.5 Å². The summed E-state index contributed by atoms with van der Waals surface area (Å²) in [7, 11) is 0. The van der Waals surface area contributed by atoms with Gasteiger partial charge in [-0.3, -0.25) is 9.69 Å². The average Bonchev–Trinajstić information content (AvgIpc) is 3.07. The zero-order valence-corrected chi connectivity index (χ0v) is 18.0. The van der Waals surface area contributed by atoms with Crippen LogP contribution in [0.25, 0.3) is 11.0 Å². The summed E-state index contributed by atoms with van der Waals surface area (Å²) in [6.07, 6.45) is 9.38. The molecule has 0 amide bonds. The molecular weight excluding hydrogens is 388 g/mol. The van der Waals surface area contributed by atoms with Crippen molar-refractivity contribution in [2.24, 2.45) is 5.92 Å². The first-order valence-corrected chi connectivity index (χ1v) is 11.5. The summed E-state index contributed by atoms with van der Waals surface area (Å²) in [4.78, 5) is 27.6. The van der Waals surface area contributed by atoms with Gasteiger partial charge >= 0.3 is 0 Å². The molecule has 3 aliphatic heterocycles. The molecule has 0 N–H and O–H groups in total. The summed E-state index contributed by atoms with van der Waals surface area (Å²) < 4.78 is 5.76. The number of hydrogen-bond acceptors (Lipinski definition) is 6. The lowest BCUT2D eigenvalue weighted by Gasteiger charge is -2.36. The lowest BCUT2D eigenvalue weighted by atomic mass is 9.98. The fourth-order valence-electron chi connectivity index (χ4n) is 5.76. The topological polar surface area (TPSA) is 62.5 Å². The third-order valence-electron chi connectivity index (χ3n) is 7.36. The van der Waals surface area contributed by atoms with Crippen LogP contribution in [0.1, 0.15) is 55.5 Å². The van der Waals surface area contributed by atoms with Gasteiger partial charge in [0, 0.05) is 55.5 Å². The van der Waals surface area contributed by atoms with Crippen molar-refractivity contribution in [3.63, 3.8) is 0 Å². The maximum absolute atomic E-state index is 13.0. The van der Waals surface area contributed by atoms with E-state index in [1.54, 1.807) is 6.26 Å². The largest absolute Gasteiger partial charge is 0.464 e. The molecule has 6 heteroatoms. The third kappa shape index (κ3) is 3.24. The van der Waals surface area contributed by atoms with Crippen molar-refractivity contribution < 1.29 is 4.42 Å². The van der Waals surface area contributed by atoms with E-state index in [0.29, 0.717) is 29.5 Å². The highest BCUT2D eigenvalue weighted by Gasteiger charge is 2.41. The van der Waals surface area contributed by atoms with Crippen LogP contribution in [0.5, 0.6) is 0 Å². The number of fused-ring (bicyclic) bond motifs is 5. The third-order valence-corrected chi connectivity index (χ3v) is 7.36. The van der Waals surface area contributed by atoms with Crippen molar-refractivity contribution in [1.29, 1.82) is 0 Å². The van der Waals surface area contributed by atoms with Crippen LogP contribution in [0, 0.1) is 5.92 Å². The van der Waals surface area contributed by atoms with Crippen molar-refractivity contribution >= 4 is 16.9 Å². The molecule has 160 valence electrons. The molecule has 0 unspecified atom stereocenters. The molecule has 0 spiro atoms.